The number of carbonyl (C=O) groups excluding carboxylic acids is 1. The summed E-state index contributed by atoms with van der Waals surface area (Å²) < 4.78 is 73.5. The lowest BCUT2D eigenvalue weighted by Crippen LogP contribution is -2.40. The Hall–Kier alpha value is -3.91. The van der Waals surface area contributed by atoms with E-state index in [4.69, 9.17) is 4.74 Å². The van der Waals surface area contributed by atoms with Crippen LogP contribution in [0.2, 0.25) is 0 Å². The van der Waals surface area contributed by atoms with Gasteiger partial charge < -0.3 is 20.7 Å². The Labute approximate surface area is 217 Å². The van der Waals surface area contributed by atoms with Crippen LogP contribution in [0.1, 0.15) is 33.1 Å². The minimum atomic E-state index is -4.79. The Balaban J connectivity index is 1.71. The highest BCUT2D eigenvalue weighted by atomic mass is 32.2. The fourth-order valence-electron chi connectivity index (χ4n) is 4.27. The molecule has 0 spiro atoms. The molecule has 0 aliphatic heterocycles. The summed E-state index contributed by atoms with van der Waals surface area (Å²) in [5.41, 5.74) is 0.963. The van der Waals surface area contributed by atoms with E-state index in [1.165, 1.54) is 32.4 Å². The minimum absolute atomic E-state index is 0.176. The third kappa shape index (κ3) is 5.97. The van der Waals surface area contributed by atoms with E-state index in [-0.39, 0.29) is 24.0 Å². The molecule has 0 radical (unpaired) electrons. The number of methoxy groups -OCH3 is 1. The molecule has 0 saturated heterocycles. The molecule has 0 bridgehead atoms. The van der Waals surface area contributed by atoms with Crippen LogP contribution in [0.5, 0.6) is 5.75 Å². The van der Waals surface area contributed by atoms with Crippen LogP contribution >= 0.6 is 0 Å². The number of anilines is 3. The first-order valence-electron chi connectivity index (χ1n) is 11.3. The molecular formula is C24H25F3N6O4S. The molecule has 0 fully saturated rings. The van der Waals surface area contributed by atoms with Gasteiger partial charge in [-0.05, 0) is 35.7 Å². The molecule has 1 aromatic heterocycles. The van der Waals surface area contributed by atoms with Gasteiger partial charge in [0.1, 0.15) is 17.1 Å². The maximum absolute atomic E-state index is 13.9. The normalized spacial score (nSPS) is 17.0. The summed E-state index contributed by atoms with van der Waals surface area (Å²) in [6.45, 7) is 0. The molecule has 10 nitrogen and oxygen atoms in total. The number of amides is 1. The van der Waals surface area contributed by atoms with Crippen LogP contribution in [-0.2, 0) is 22.6 Å². The van der Waals surface area contributed by atoms with E-state index in [9.17, 15) is 26.4 Å². The molecule has 1 aliphatic carbocycles. The molecule has 4 rings (SSSR count). The van der Waals surface area contributed by atoms with Crippen LogP contribution in [0.3, 0.4) is 0 Å². The number of hydrogen-bond acceptors (Lipinski definition) is 8. The highest BCUT2D eigenvalue weighted by Gasteiger charge is 2.39. The lowest BCUT2D eigenvalue weighted by Gasteiger charge is -2.24. The van der Waals surface area contributed by atoms with Gasteiger partial charge in [-0.15, -0.1) is 0 Å². The van der Waals surface area contributed by atoms with Gasteiger partial charge in [0.15, 0.2) is 0 Å². The SMILES string of the molecule is CNC(=O)c1ccc(Nc2ncc(C(F)(F)F)c(N[C@@H]3c4ccccc4C[C@H]3NS(C)(=O)=O)n2)c(OC)c1. The molecule has 1 aliphatic rings. The predicted molar refractivity (Wildman–Crippen MR) is 135 cm³/mol. The van der Waals surface area contributed by atoms with Crippen molar-refractivity contribution in [1.29, 1.82) is 0 Å². The molecule has 38 heavy (non-hydrogen) atoms. The Morgan fingerprint density at radius 1 is 1.16 bits per heavy atom. The first-order chi connectivity index (χ1) is 17.9. The smallest absolute Gasteiger partial charge is 0.421 e. The summed E-state index contributed by atoms with van der Waals surface area (Å²) in [6.07, 6.45) is -2.87. The van der Waals surface area contributed by atoms with Crippen molar-refractivity contribution in [2.75, 3.05) is 31.0 Å². The van der Waals surface area contributed by atoms with E-state index >= 15 is 0 Å². The van der Waals surface area contributed by atoms with Crippen molar-refractivity contribution in [1.82, 2.24) is 20.0 Å². The topological polar surface area (TPSA) is 134 Å². The third-order valence-electron chi connectivity index (χ3n) is 5.92. The van der Waals surface area contributed by atoms with Gasteiger partial charge in [0.25, 0.3) is 5.91 Å². The monoisotopic (exact) mass is 550 g/mol. The fourth-order valence-corrected chi connectivity index (χ4v) is 5.03. The van der Waals surface area contributed by atoms with E-state index in [0.29, 0.717) is 23.0 Å². The quantitative estimate of drug-likeness (QED) is 0.336. The average Bonchev–Trinajstić information content (AvgIpc) is 3.18. The molecule has 2 aromatic carbocycles. The third-order valence-corrected chi connectivity index (χ3v) is 6.65. The van der Waals surface area contributed by atoms with Crippen molar-refractivity contribution in [2.24, 2.45) is 0 Å². The van der Waals surface area contributed by atoms with Gasteiger partial charge in [-0.2, -0.15) is 18.2 Å². The Bertz CT molecular complexity index is 1470. The number of benzene rings is 2. The fraction of sp³-hybridized carbons (Fsp3) is 0.292. The van der Waals surface area contributed by atoms with E-state index in [0.717, 1.165) is 11.8 Å². The van der Waals surface area contributed by atoms with Crippen molar-refractivity contribution in [3.8, 4) is 5.75 Å². The van der Waals surface area contributed by atoms with Crippen LogP contribution in [-0.4, -0.2) is 50.7 Å². The average molecular weight is 551 g/mol. The molecule has 1 amide bonds. The molecule has 0 saturated carbocycles. The number of nitrogens with zero attached hydrogens (tertiary/aromatic N) is 2. The van der Waals surface area contributed by atoms with E-state index in [2.05, 4.69) is 30.6 Å². The second-order valence-electron chi connectivity index (χ2n) is 8.59. The second-order valence-corrected chi connectivity index (χ2v) is 10.4. The van der Waals surface area contributed by atoms with E-state index < -0.39 is 39.7 Å². The molecule has 14 heteroatoms. The standard InChI is InChI=1S/C24H25F3N6O4S/c1-28-22(34)14-8-9-17(19(11-14)37-2)30-23-29-12-16(24(25,26)27)21(32-23)31-20-15-7-5-4-6-13(15)10-18(20)33-38(3,35)36/h4-9,11-12,18,20,33H,10H2,1-3H3,(H,28,34)(H2,29,30,31,32)/t18-,20-/m1/s1. The number of fused-ring (bicyclic) bond motifs is 1. The second kappa shape index (κ2) is 10.5. The van der Waals surface area contributed by atoms with Crippen molar-refractivity contribution in [3.63, 3.8) is 0 Å². The number of nitrogens with one attached hydrogen (secondary N) is 4. The zero-order chi connectivity index (χ0) is 27.7. The lowest BCUT2D eigenvalue weighted by molar-refractivity contribution is -0.137. The first-order valence-corrected chi connectivity index (χ1v) is 13.2. The molecule has 3 aromatic rings. The molecule has 2 atom stereocenters. The largest absolute Gasteiger partial charge is 0.495 e. The van der Waals surface area contributed by atoms with Gasteiger partial charge >= 0.3 is 6.18 Å². The number of alkyl halides is 3. The minimum Gasteiger partial charge on any atom is -0.495 e. The molecule has 1 heterocycles. The van der Waals surface area contributed by atoms with Crippen LogP contribution in [0, 0.1) is 0 Å². The first kappa shape index (κ1) is 27.1. The summed E-state index contributed by atoms with van der Waals surface area (Å²) in [6, 6.07) is 9.92. The van der Waals surface area contributed by atoms with Gasteiger partial charge in [-0.3, -0.25) is 4.79 Å². The summed E-state index contributed by atoms with van der Waals surface area (Å²) >= 11 is 0. The van der Waals surface area contributed by atoms with Crippen LogP contribution < -0.4 is 25.4 Å². The number of aromatic nitrogens is 2. The maximum atomic E-state index is 13.9. The van der Waals surface area contributed by atoms with E-state index in [1.54, 1.807) is 24.3 Å². The van der Waals surface area contributed by atoms with E-state index in [1.807, 2.05) is 0 Å². The number of rotatable bonds is 8. The van der Waals surface area contributed by atoms with Gasteiger partial charge in [0.2, 0.25) is 16.0 Å². The van der Waals surface area contributed by atoms with Crippen LogP contribution in [0.4, 0.5) is 30.6 Å². The molecule has 202 valence electrons. The van der Waals surface area contributed by atoms with Gasteiger partial charge in [-0.25, -0.2) is 18.1 Å². The highest BCUT2D eigenvalue weighted by Crippen LogP contribution is 2.39. The highest BCUT2D eigenvalue weighted by molar-refractivity contribution is 7.88. The summed E-state index contributed by atoms with van der Waals surface area (Å²) in [5.74, 6) is -0.809. The Kier molecular flexibility index (Phi) is 7.47. The number of carbonyl (C=O) groups is 1. The van der Waals surface area contributed by atoms with Crippen LogP contribution in [0.25, 0.3) is 0 Å². The Morgan fingerprint density at radius 2 is 1.89 bits per heavy atom. The summed E-state index contributed by atoms with van der Waals surface area (Å²) in [5, 5.41) is 8.12. The van der Waals surface area contributed by atoms with Gasteiger partial charge in [0, 0.05) is 18.8 Å². The van der Waals surface area contributed by atoms with Crippen molar-refractivity contribution < 1.29 is 31.1 Å². The van der Waals surface area contributed by atoms with Gasteiger partial charge in [-0.1, -0.05) is 24.3 Å². The summed E-state index contributed by atoms with van der Waals surface area (Å²) in [4.78, 5) is 19.8. The van der Waals surface area contributed by atoms with Crippen molar-refractivity contribution in [2.45, 2.75) is 24.7 Å². The number of halogens is 3. The lowest BCUT2D eigenvalue weighted by atomic mass is 10.1. The summed E-state index contributed by atoms with van der Waals surface area (Å²) in [7, 11) is -0.804. The number of hydrogen-bond donors (Lipinski definition) is 4. The predicted octanol–water partition coefficient (Wildman–Crippen LogP) is 3.23. The number of ether oxygens (including phenoxy) is 1. The molecule has 4 N–H and O–H groups in total. The molecular weight excluding hydrogens is 525 g/mol. The Morgan fingerprint density at radius 3 is 2.55 bits per heavy atom. The van der Waals surface area contributed by atoms with Gasteiger partial charge in [0.05, 0.1) is 31.1 Å². The zero-order valence-corrected chi connectivity index (χ0v) is 21.4. The molecule has 0 unspecified atom stereocenters. The van der Waals surface area contributed by atoms with Crippen LogP contribution in [0.15, 0.2) is 48.7 Å². The number of sulfonamides is 1. The zero-order valence-electron chi connectivity index (χ0n) is 20.6. The maximum Gasteiger partial charge on any atom is 0.421 e. The van der Waals surface area contributed by atoms with Crippen molar-refractivity contribution in [3.05, 3.63) is 70.9 Å². The van der Waals surface area contributed by atoms with Crippen molar-refractivity contribution >= 4 is 33.4 Å².